The topological polar surface area (TPSA) is 90.9 Å². The number of carbonyl (C=O) groups excluding carboxylic acids is 1. The zero-order valence-electron chi connectivity index (χ0n) is 10.9. The van der Waals surface area contributed by atoms with Crippen LogP contribution in [0.4, 0.5) is 0 Å². The van der Waals surface area contributed by atoms with Crippen LogP contribution in [0.15, 0.2) is 30.6 Å². The van der Waals surface area contributed by atoms with Crippen molar-refractivity contribution in [2.24, 2.45) is 0 Å². The van der Waals surface area contributed by atoms with Crippen LogP contribution in [0.1, 0.15) is 36.9 Å². The van der Waals surface area contributed by atoms with Crippen molar-refractivity contribution >= 4 is 17.5 Å². The van der Waals surface area contributed by atoms with E-state index in [1.54, 1.807) is 31.2 Å². The van der Waals surface area contributed by atoms with E-state index in [2.05, 4.69) is 20.5 Å². The molecule has 0 aliphatic rings. The van der Waals surface area contributed by atoms with E-state index in [0.717, 1.165) is 0 Å². The molecule has 20 heavy (non-hydrogen) atoms. The van der Waals surface area contributed by atoms with Crippen LogP contribution in [0.25, 0.3) is 0 Å². The minimum atomic E-state index is -0.866. The van der Waals surface area contributed by atoms with Gasteiger partial charge in [0.25, 0.3) is 0 Å². The summed E-state index contributed by atoms with van der Waals surface area (Å²) in [6.45, 7) is 1.78. The number of aliphatic hydroxyl groups excluding tert-OH is 1. The zero-order chi connectivity index (χ0) is 14.5. The predicted molar refractivity (Wildman–Crippen MR) is 74.0 cm³/mol. The third-order valence-corrected chi connectivity index (χ3v) is 3.11. The van der Waals surface area contributed by atoms with Crippen LogP contribution in [0, 0.1) is 0 Å². The van der Waals surface area contributed by atoms with Gasteiger partial charge in [-0.05, 0) is 24.6 Å². The molecule has 106 valence electrons. The molecule has 1 aromatic heterocycles. The van der Waals surface area contributed by atoms with Gasteiger partial charge in [0, 0.05) is 5.02 Å². The van der Waals surface area contributed by atoms with Gasteiger partial charge in [0.05, 0.1) is 18.6 Å². The lowest BCUT2D eigenvalue weighted by Gasteiger charge is -2.14. The number of hydrogen-bond acceptors (Lipinski definition) is 4. The SMILES string of the molecule is CC(NC(=O)CC(O)c1ccc(Cl)cc1)c1ncn[nH]1. The predicted octanol–water partition coefficient (Wildman–Crippen LogP) is 1.76. The highest BCUT2D eigenvalue weighted by Gasteiger charge is 2.16. The van der Waals surface area contributed by atoms with Gasteiger partial charge >= 0.3 is 0 Å². The van der Waals surface area contributed by atoms with Crippen molar-refractivity contribution in [3.63, 3.8) is 0 Å². The number of halogens is 1. The quantitative estimate of drug-likeness (QED) is 0.783. The molecular weight excluding hydrogens is 280 g/mol. The summed E-state index contributed by atoms with van der Waals surface area (Å²) in [4.78, 5) is 15.8. The van der Waals surface area contributed by atoms with Gasteiger partial charge in [0.2, 0.25) is 5.91 Å². The Morgan fingerprint density at radius 2 is 2.15 bits per heavy atom. The van der Waals surface area contributed by atoms with E-state index in [9.17, 15) is 9.90 Å². The van der Waals surface area contributed by atoms with Crippen molar-refractivity contribution in [3.8, 4) is 0 Å². The average molecular weight is 295 g/mol. The Labute approximate surface area is 121 Å². The number of rotatable bonds is 5. The second kappa shape index (κ2) is 6.49. The Morgan fingerprint density at radius 3 is 2.75 bits per heavy atom. The number of aromatic nitrogens is 3. The molecule has 3 N–H and O–H groups in total. The first-order chi connectivity index (χ1) is 9.56. The first-order valence-electron chi connectivity index (χ1n) is 6.14. The largest absolute Gasteiger partial charge is 0.388 e. The van der Waals surface area contributed by atoms with Gasteiger partial charge in [-0.15, -0.1) is 0 Å². The van der Waals surface area contributed by atoms with E-state index in [0.29, 0.717) is 16.4 Å². The molecule has 0 bridgehead atoms. The maximum absolute atomic E-state index is 11.8. The van der Waals surface area contributed by atoms with Crippen molar-refractivity contribution in [1.82, 2.24) is 20.5 Å². The summed E-state index contributed by atoms with van der Waals surface area (Å²) in [7, 11) is 0. The van der Waals surface area contributed by atoms with E-state index in [1.165, 1.54) is 6.33 Å². The third kappa shape index (κ3) is 3.79. The lowest BCUT2D eigenvalue weighted by molar-refractivity contribution is -0.123. The number of carbonyl (C=O) groups is 1. The Balaban J connectivity index is 1.89. The van der Waals surface area contributed by atoms with Gasteiger partial charge in [-0.25, -0.2) is 4.98 Å². The van der Waals surface area contributed by atoms with Gasteiger partial charge in [-0.1, -0.05) is 23.7 Å². The third-order valence-electron chi connectivity index (χ3n) is 2.85. The van der Waals surface area contributed by atoms with Crippen LogP contribution < -0.4 is 5.32 Å². The monoisotopic (exact) mass is 294 g/mol. The molecule has 0 aliphatic heterocycles. The van der Waals surface area contributed by atoms with Gasteiger partial charge in [0.15, 0.2) is 0 Å². The summed E-state index contributed by atoms with van der Waals surface area (Å²) >= 11 is 5.77. The highest BCUT2D eigenvalue weighted by molar-refractivity contribution is 6.30. The molecule has 2 aromatic rings. The minimum absolute atomic E-state index is 0.0277. The number of aliphatic hydroxyl groups is 1. The van der Waals surface area contributed by atoms with E-state index < -0.39 is 6.10 Å². The fourth-order valence-corrected chi connectivity index (χ4v) is 1.90. The second-order valence-electron chi connectivity index (χ2n) is 4.43. The Kier molecular flexibility index (Phi) is 4.70. The average Bonchev–Trinajstić information content (AvgIpc) is 2.93. The molecule has 1 amide bonds. The molecule has 0 radical (unpaired) electrons. The number of aromatic amines is 1. The normalized spacial score (nSPS) is 13.8. The molecule has 2 unspecified atom stereocenters. The maximum Gasteiger partial charge on any atom is 0.223 e. The molecule has 1 heterocycles. The minimum Gasteiger partial charge on any atom is -0.388 e. The molecule has 0 spiro atoms. The van der Waals surface area contributed by atoms with Crippen LogP contribution in [0.2, 0.25) is 5.02 Å². The summed E-state index contributed by atoms with van der Waals surface area (Å²) in [5, 5.41) is 19.7. The van der Waals surface area contributed by atoms with E-state index in [-0.39, 0.29) is 18.4 Å². The van der Waals surface area contributed by atoms with Gasteiger partial charge in [-0.2, -0.15) is 5.10 Å². The summed E-state index contributed by atoms with van der Waals surface area (Å²) < 4.78 is 0. The lowest BCUT2D eigenvalue weighted by atomic mass is 10.1. The van der Waals surface area contributed by atoms with Gasteiger partial charge in [-0.3, -0.25) is 9.89 Å². The summed E-state index contributed by atoms with van der Waals surface area (Å²) in [6, 6.07) is 6.45. The van der Waals surface area contributed by atoms with E-state index in [4.69, 9.17) is 11.6 Å². The number of amides is 1. The second-order valence-corrected chi connectivity index (χ2v) is 4.87. The molecule has 0 fully saturated rings. The molecule has 6 nitrogen and oxygen atoms in total. The molecule has 0 aliphatic carbocycles. The Hall–Kier alpha value is -1.92. The zero-order valence-corrected chi connectivity index (χ0v) is 11.6. The highest BCUT2D eigenvalue weighted by Crippen LogP contribution is 2.19. The number of hydrogen-bond donors (Lipinski definition) is 3. The molecule has 2 rings (SSSR count). The van der Waals surface area contributed by atoms with Crippen LogP contribution in [0.5, 0.6) is 0 Å². The summed E-state index contributed by atoms with van der Waals surface area (Å²) in [6.07, 6.45) is 0.481. The molecule has 7 heteroatoms. The number of H-pyrrole nitrogens is 1. The van der Waals surface area contributed by atoms with E-state index in [1.807, 2.05) is 0 Å². The molecule has 0 saturated heterocycles. The molecule has 2 atom stereocenters. The van der Waals surface area contributed by atoms with Gasteiger partial charge in [0.1, 0.15) is 12.2 Å². The standard InChI is InChI=1S/C13H15ClN4O2/c1-8(13-15-7-16-18-13)17-12(20)6-11(19)9-2-4-10(14)5-3-9/h2-5,7-8,11,19H,6H2,1H3,(H,17,20)(H,15,16,18). The van der Waals surface area contributed by atoms with E-state index >= 15 is 0 Å². The van der Waals surface area contributed by atoms with Crippen LogP contribution in [0.3, 0.4) is 0 Å². The summed E-state index contributed by atoms with van der Waals surface area (Å²) in [5.41, 5.74) is 0.650. The first-order valence-corrected chi connectivity index (χ1v) is 6.52. The fourth-order valence-electron chi connectivity index (χ4n) is 1.77. The van der Waals surface area contributed by atoms with Crippen molar-refractivity contribution in [2.75, 3.05) is 0 Å². The van der Waals surface area contributed by atoms with Crippen molar-refractivity contribution in [3.05, 3.63) is 47.0 Å². The van der Waals surface area contributed by atoms with Gasteiger partial charge < -0.3 is 10.4 Å². The maximum atomic E-state index is 11.8. The molecule has 0 saturated carbocycles. The smallest absolute Gasteiger partial charge is 0.223 e. The molecule has 1 aromatic carbocycles. The van der Waals surface area contributed by atoms with Crippen LogP contribution in [-0.4, -0.2) is 26.2 Å². The highest BCUT2D eigenvalue weighted by atomic mass is 35.5. The first kappa shape index (κ1) is 14.5. The number of nitrogens with zero attached hydrogens (tertiary/aromatic N) is 2. The van der Waals surface area contributed by atoms with Crippen LogP contribution >= 0.6 is 11.6 Å². The molecular formula is C13H15ClN4O2. The summed E-state index contributed by atoms with van der Waals surface area (Å²) in [5.74, 6) is 0.302. The van der Waals surface area contributed by atoms with Crippen molar-refractivity contribution < 1.29 is 9.90 Å². The van der Waals surface area contributed by atoms with Crippen molar-refractivity contribution in [2.45, 2.75) is 25.5 Å². The number of nitrogens with one attached hydrogen (secondary N) is 2. The fraction of sp³-hybridized carbons (Fsp3) is 0.308. The Morgan fingerprint density at radius 1 is 1.45 bits per heavy atom. The number of benzene rings is 1. The van der Waals surface area contributed by atoms with Crippen molar-refractivity contribution in [1.29, 1.82) is 0 Å². The Bertz CT molecular complexity index is 556. The lowest BCUT2D eigenvalue weighted by Crippen LogP contribution is -2.28. The van der Waals surface area contributed by atoms with Crippen LogP contribution in [-0.2, 0) is 4.79 Å².